The molecule has 0 bridgehead atoms. The van der Waals surface area contributed by atoms with Gasteiger partial charge in [-0.2, -0.15) is 0 Å². The molecule has 1 heterocycles. The van der Waals surface area contributed by atoms with Gasteiger partial charge < -0.3 is 10.6 Å². The SMILES string of the molecule is CC1(c2ccc(Cl)c(Cl)c2)NC(=O)N(CC(=O)Nc2ccc(Cl)cc2[N+](=O)[O-])C1=O. The second-order valence-electron chi connectivity index (χ2n) is 6.54. The Hall–Kier alpha value is -2.88. The molecule has 156 valence electrons. The van der Waals surface area contributed by atoms with E-state index in [1.165, 1.54) is 37.3 Å². The molecular formula is C18H13Cl3N4O5. The number of anilines is 1. The fraction of sp³-hybridized carbons (Fsp3) is 0.167. The summed E-state index contributed by atoms with van der Waals surface area (Å²) in [6.07, 6.45) is 0. The smallest absolute Gasteiger partial charge is 0.319 e. The lowest BCUT2D eigenvalue weighted by Gasteiger charge is -2.22. The van der Waals surface area contributed by atoms with Crippen molar-refractivity contribution in [3.8, 4) is 0 Å². The molecule has 1 aliphatic rings. The minimum absolute atomic E-state index is 0.117. The van der Waals surface area contributed by atoms with Gasteiger partial charge in [0.15, 0.2) is 0 Å². The van der Waals surface area contributed by atoms with E-state index in [0.29, 0.717) is 10.5 Å². The van der Waals surface area contributed by atoms with E-state index in [9.17, 15) is 24.5 Å². The Balaban J connectivity index is 1.80. The molecule has 1 fully saturated rings. The first kappa shape index (κ1) is 21.8. The third-order valence-corrected chi connectivity index (χ3v) is 5.48. The first-order chi connectivity index (χ1) is 14.0. The van der Waals surface area contributed by atoms with Crippen LogP contribution in [-0.2, 0) is 15.1 Å². The largest absolute Gasteiger partial charge is 0.325 e. The van der Waals surface area contributed by atoms with Crippen molar-refractivity contribution in [1.82, 2.24) is 10.2 Å². The molecule has 1 aliphatic heterocycles. The number of nitro groups is 1. The van der Waals surface area contributed by atoms with Crippen LogP contribution in [0.3, 0.4) is 0 Å². The Labute approximate surface area is 185 Å². The molecule has 0 radical (unpaired) electrons. The van der Waals surface area contributed by atoms with Crippen molar-refractivity contribution in [2.75, 3.05) is 11.9 Å². The van der Waals surface area contributed by atoms with E-state index in [-0.39, 0.29) is 20.8 Å². The number of imide groups is 1. The zero-order valence-corrected chi connectivity index (χ0v) is 17.5. The number of nitrogens with one attached hydrogen (secondary N) is 2. The second-order valence-corrected chi connectivity index (χ2v) is 7.79. The summed E-state index contributed by atoms with van der Waals surface area (Å²) in [5.41, 5.74) is -1.62. The molecule has 9 nitrogen and oxygen atoms in total. The summed E-state index contributed by atoms with van der Waals surface area (Å²) >= 11 is 17.6. The number of urea groups is 1. The van der Waals surface area contributed by atoms with Crippen molar-refractivity contribution in [1.29, 1.82) is 0 Å². The topological polar surface area (TPSA) is 122 Å². The van der Waals surface area contributed by atoms with Crippen molar-refractivity contribution >= 4 is 64.0 Å². The maximum atomic E-state index is 12.9. The Kier molecular flexibility index (Phi) is 5.89. The van der Waals surface area contributed by atoms with Crippen LogP contribution in [-0.4, -0.2) is 34.2 Å². The molecule has 2 N–H and O–H groups in total. The predicted octanol–water partition coefficient (Wildman–Crippen LogP) is 3.96. The van der Waals surface area contributed by atoms with Gasteiger partial charge in [-0.05, 0) is 36.8 Å². The highest BCUT2D eigenvalue weighted by atomic mass is 35.5. The molecule has 30 heavy (non-hydrogen) atoms. The zero-order chi connectivity index (χ0) is 22.2. The average molecular weight is 472 g/mol. The van der Waals surface area contributed by atoms with Gasteiger partial charge in [-0.3, -0.25) is 24.6 Å². The van der Waals surface area contributed by atoms with E-state index >= 15 is 0 Å². The molecule has 0 saturated carbocycles. The molecule has 0 aromatic heterocycles. The number of carbonyl (C=O) groups is 3. The summed E-state index contributed by atoms with van der Waals surface area (Å²) in [5, 5.41) is 16.6. The maximum Gasteiger partial charge on any atom is 0.325 e. The molecule has 0 aliphatic carbocycles. The highest BCUT2D eigenvalue weighted by Gasteiger charge is 2.49. The van der Waals surface area contributed by atoms with Gasteiger partial charge in [-0.25, -0.2) is 4.79 Å². The van der Waals surface area contributed by atoms with E-state index < -0.39 is 40.5 Å². The van der Waals surface area contributed by atoms with E-state index in [1.807, 2.05) is 0 Å². The highest BCUT2D eigenvalue weighted by molar-refractivity contribution is 6.42. The number of benzene rings is 2. The number of nitrogens with zero attached hydrogens (tertiary/aromatic N) is 2. The first-order valence-electron chi connectivity index (χ1n) is 8.36. The molecule has 4 amide bonds. The molecule has 1 saturated heterocycles. The Bertz CT molecular complexity index is 1090. The zero-order valence-electron chi connectivity index (χ0n) is 15.2. The fourth-order valence-corrected chi connectivity index (χ4v) is 3.40. The number of halogens is 3. The standard InChI is InChI=1S/C18H13Cl3N4O5/c1-18(9-2-4-11(20)12(21)6-9)16(27)24(17(28)23-18)8-15(26)22-13-5-3-10(19)7-14(13)25(29)30/h2-7H,8H2,1H3,(H,22,26)(H,23,28). The van der Waals surface area contributed by atoms with Crippen molar-refractivity contribution in [3.63, 3.8) is 0 Å². The van der Waals surface area contributed by atoms with Crippen LogP contribution in [0.4, 0.5) is 16.2 Å². The van der Waals surface area contributed by atoms with Crippen LogP contribution < -0.4 is 10.6 Å². The molecule has 3 rings (SSSR count). The average Bonchev–Trinajstić information content (AvgIpc) is 2.89. The van der Waals surface area contributed by atoms with Crippen molar-refractivity contribution in [3.05, 3.63) is 67.1 Å². The lowest BCUT2D eigenvalue weighted by Crippen LogP contribution is -2.42. The summed E-state index contributed by atoms with van der Waals surface area (Å²) in [4.78, 5) is 48.8. The van der Waals surface area contributed by atoms with E-state index in [1.54, 1.807) is 0 Å². The van der Waals surface area contributed by atoms with Gasteiger partial charge in [0.05, 0.1) is 15.0 Å². The molecule has 12 heteroatoms. The first-order valence-corrected chi connectivity index (χ1v) is 9.50. The number of carbonyl (C=O) groups excluding carboxylic acids is 3. The van der Waals surface area contributed by atoms with Crippen molar-refractivity contribution < 1.29 is 19.3 Å². The van der Waals surface area contributed by atoms with Gasteiger partial charge in [0.2, 0.25) is 5.91 Å². The molecule has 1 unspecified atom stereocenters. The monoisotopic (exact) mass is 470 g/mol. The summed E-state index contributed by atoms with van der Waals surface area (Å²) < 4.78 is 0. The van der Waals surface area contributed by atoms with Gasteiger partial charge >= 0.3 is 6.03 Å². The molecule has 2 aromatic rings. The van der Waals surface area contributed by atoms with Gasteiger partial charge in [-0.1, -0.05) is 40.9 Å². The molecule has 2 aromatic carbocycles. The van der Waals surface area contributed by atoms with Crippen molar-refractivity contribution in [2.45, 2.75) is 12.5 Å². The summed E-state index contributed by atoms with van der Waals surface area (Å²) in [7, 11) is 0. The van der Waals surface area contributed by atoms with Gasteiger partial charge in [0.25, 0.3) is 11.6 Å². The number of rotatable bonds is 5. The van der Waals surface area contributed by atoms with E-state index in [2.05, 4.69) is 10.6 Å². The minimum Gasteiger partial charge on any atom is -0.319 e. The predicted molar refractivity (Wildman–Crippen MR) is 111 cm³/mol. The fourth-order valence-electron chi connectivity index (χ4n) is 2.94. The maximum absolute atomic E-state index is 12.9. The minimum atomic E-state index is -1.46. The van der Waals surface area contributed by atoms with Crippen LogP contribution in [0, 0.1) is 10.1 Å². The highest BCUT2D eigenvalue weighted by Crippen LogP contribution is 2.33. The van der Waals surface area contributed by atoms with Gasteiger partial charge in [0, 0.05) is 11.1 Å². The summed E-state index contributed by atoms with van der Waals surface area (Å²) in [6.45, 7) is 0.816. The normalized spacial score (nSPS) is 18.3. The number of nitro benzene ring substituents is 1. The van der Waals surface area contributed by atoms with Crippen LogP contribution in [0.15, 0.2) is 36.4 Å². The lowest BCUT2D eigenvalue weighted by atomic mass is 9.92. The van der Waals surface area contributed by atoms with E-state index in [0.717, 1.165) is 6.07 Å². The lowest BCUT2D eigenvalue weighted by molar-refractivity contribution is -0.383. The molecule has 0 spiro atoms. The Morgan fingerprint density at radius 1 is 1.17 bits per heavy atom. The van der Waals surface area contributed by atoms with Crippen LogP contribution in [0.2, 0.25) is 15.1 Å². The van der Waals surface area contributed by atoms with Crippen LogP contribution in [0.25, 0.3) is 0 Å². The number of hydrogen-bond acceptors (Lipinski definition) is 5. The second kappa shape index (κ2) is 8.10. The van der Waals surface area contributed by atoms with Crippen LogP contribution in [0.5, 0.6) is 0 Å². The molecular weight excluding hydrogens is 459 g/mol. The van der Waals surface area contributed by atoms with Gasteiger partial charge in [0.1, 0.15) is 17.8 Å². The number of amides is 4. The quantitative estimate of drug-likeness (QED) is 0.388. The number of hydrogen-bond donors (Lipinski definition) is 2. The summed E-state index contributed by atoms with van der Waals surface area (Å²) in [6, 6.07) is 7.36. The third kappa shape index (κ3) is 4.04. The van der Waals surface area contributed by atoms with Crippen molar-refractivity contribution in [2.24, 2.45) is 0 Å². The summed E-state index contributed by atoms with van der Waals surface area (Å²) in [5.74, 6) is -1.49. The Morgan fingerprint density at radius 3 is 2.50 bits per heavy atom. The van der Waals surface area contributed by atoms with E-state index in [4.69, 9.17) is 34.8 Å². The third-order valence-electron chi connectivity index (χ3n) is 4.50. The van der Waals surface area contributed by atoms with Crippen LogP contribution in [0.1, 0.15) is 12.5 Å². The van der Waals surface area contributed by atoms with Crippen LogP contribution >= 0.6 is 34.8 Å². The van der Waals surface area contributed by atoms with Gasteiger partial charge in [-0.15, -0.1) is 0 Å². The molecule has 1 atom stereocenters. The Morgan fingerprint density at radius 2 is 1.87 bits per heavy atom.